The van der Waals surface area contributed by atoms with Gasteiger partial charge >= 0.3 is 0 Å². The van der Waals surface area contributed by atoms with Crippen LogP contribution in [0.25, 0.3) is 0 Å². The second-order valence-corrected chi connectivity index (χ2v) is 4.93. The minimum absolute atomic E-state index is 0.0567. The van der Waals surface area contributed by atoms with Crippen molar-refractivity contribution in [1.29, 1.82) is 0 Å². The minimum Gasteiger partial charge on any atom is -0.299 e. The Morgan fingerprint density at radius 3 is 1.62 bits per heavy atom. The first-order valence-corrected chi connectivity index (χ1v) is 5.96. The summed E-state index contributed by atoms with van der Waals surface area (Å²) in [6.07, 6.45) is 6.25. The highest BCUT2D eigenvalue weighted by Gasteiger charge is 2.51. The number of hydrogen-bond donors (Lipinski definition) is 0. The van der Waals surface area contributed by atoms with Gasteiger partial charge < -0.3 is 0 Å². The summed E-state index contributed by atoms with van der Waals surface area (Å²) in [6, 6.07) is 0. The van der Waals surface area contributed by atoms with Crippen LogP contribution < -0.4 is 0 Å². The van der Waals surface area contributed by atoms with Crippen molar-refractivity contribution in [3.05, 3.63) is 25.3 Å². The number of carbonyl (C=O) groups excluding carboxylic acids is 2. The third-order valence-electron chi connectivity index (χ3n) is 4.13. The first kappa shape index (κ1) is 11.3. The highest BCUT2D eigenvalue weighted by Crippen LogP contribution is 2.49. The highest BCUT2D eigenvalue weighted by molar-refractivity contribution is 5.91. The second kappa shape index (κ2) is 4.36. The molecule has 2 nitrogen and oxygen atoms in total. The van der Waals surface area contributed by atoms with Crippen LogP contribution in [0.2, 0.25) is 0 Å². The zero-order valence-electron chi connectivity index (χ0n) is 9.52. The molecule has 0 bridgehead atoms. The summed E-state index contributed by atoms with van der Waals surface area (Å²) in [5, 5.41) is 0. The summed E-state index contributed by atoms with van der Waals surface area (Å²) in [7, 11) is 0. The van der Waals surface area contributed by atoms with Crippen LogP contribution in [0.1, 0.15) is 25.7 Å². The van der Waals surface area contributed by atoms with Crippen molar-refractivity contribution < 1.29 is 9.59 Å². The molecule has 16 heavy (non-hydrogen) atoms. The van der Waals surface area contributed by atoms with Crippen LogP contribution >= 0.6 is 0 Å². The topological polar surface area (TPSA) is 34.1 Å². The van der Waals surface area contributed by atoms with E-state index in [-0.39, 0.29) is 23.7 Å². The van der Waals surface area contributed by atoms with Gasteiger partial charge in [0.25, 0.3) is 0 Å². The molecule has 0 aliphatic heterocycles. The predicted octanol–water partition coefficient (Wildman–Crippen LogP) is 2.55. The molecule has 0 aromatic heterocycles. The monoisotopic (exact) mass is 218 g/mol. The van der Waals surface area contributed by atoms with Crippen LogP contribution in [0.5, 0.6) is 0 Å². The lowest BCUT2D eigenvalue weighted by Crippen LogP contribution is -2.14. The van der Waals surface area contributed by atoms with E-state index >= 15 is 0 Å². The molecule has 0 amide bonds. The summed E-state index contributed by atoms with van der Waals surface area (Å²) < 4.78 is 0. The third kappa shape index (κ3) is 1.66. The number of hydrogen-bond acceptors (Lipinski definition) is 2. The molecule has 2 aliphatic rings. The highest BCUT2D eigenvalue weighted by atomic mass is 16.1. The molecular weight excluding hydrogens is 200 g/mol. The Morgan fingerprint density at radius 2 is 1.31 bits per heavy atom. The predicted molar refractivity (Wildman–Crippen MR) is 62.8 cm³/mol. The average Bonchev–Trinajstić information content (AvgIpc) is 2.69. The van der Waals surface area contributed by atoms with Gasteiger partial charge in [-0.1, -0.05) is 12.2 Å². The van der Waals surface area contributed by atoms with Crippen LogP contribution in [0, 0.1) is 23.7 Å². The standard InChI is InChI=1S/C14H18O2/c1-3-5-9-11-7-14(16)10(6-4-2)12(11)8-13(9)15/h3-4,9-12H,1-2,5-8H2/t9?,10?,11-,12-/m0/s1. The minimum atomic E-state index is 0.0567. The lowest BCUT2D eigenvalue weighted by molar-refractivity contribution is -0.123. The zero-order valence-corrected chi connectivity index (χ0v) is 9.52. The van der Waals surface area contributed by atoms with Crippen molar-refractivity contribution in [3.8, 4) is 0 Å². The molecule has 0 aromatic carbocycles. The Balaban J connectivity index is 2.17. The van der Waals surface area contributed by atoms with E-state index in [0.29, 0.717) is 24.4 Å². The van der Waals surface area contributed by atoms with Crippen LogP contribution in [-0.2, 0) is 9.59 Å². The normalized spacial score (nSPS) is 37.5. The molecule has 0 N–H and O–H groups in total. The third-order valence-corrected chi connectivity index (χ3v) is 4.13. The fourth-order valence-electron chi connectivity index (χ4n) is 3.40. The molecule has 2 rings (SSSR count). The fraction of sp³-hybridized carbons (Fsp3) is 0.571. The Hall–Kier alpha value is -1.18. The average molecular weight is 218 g/mol. The first-order valence-electron chi connectivity index (χ1n) is 5.96. The molecule has 2 fully saturated rings. The van der Waals surface area contributed by atoms with E-state index in [4.69, 9.17) is 0 Å². The lowest BCUT2D eigenvalue weighted by atomic mass is 9.86. The summed E-state index contributed by atoms with van der Waals surface area (Å²) >= 11 is 0. The maximum atomic E-state index is 11.8. The van der Waals surface area contributed by atoms with Gasteiger partial charge in [-0.25, -0.2) is 0 Å². The molecule has 0 spiro atoms. The van der Waals surface area contributed by atoms with Gasteiger partial charge in [-0.2, -0.15) is 0 Å². The van der Waals surface area contributed by atoms with E-state index in [1.165, 1.54) is 0 Å². The molecular formula is C14H18O2. The molecule has 86 valence electrons. The van der Waals surface area contributed by atoms with Crippen LogP contribution in [0.4, 0.5) is 0 Å². The SMILES string of the molecule is C=CCC1C(=O)C[C@H]2C(CC=C)C(=O)C[C@@H]12. The number of allylic oxidation sites excluding steroid dienone is 2. The Labute approximate surface area is 96.4 Å². The number of ketones is 2. The van der Waals surface area contributed by atoms with Crippen molar-refractivity contribution in [3.63, 3.8) is 0 Å². The van der Waals surface area contributed by atoms with Gasteiger partial charge in [0.05, 0.1) is 0 Å². The first-order chi connectivity index (χ1) is 7.69. The Morgan fingerprint density at radius 1 is 0.938 bits per heavy atom. The van der Waals surface area contributed by atoms with E-state index in [1.54, 1.807) is 12.2 Å². The Bertz CT molecular complexity index is 309. The summed E-state index contributed by atoms with van der Waals surface area (Å²) in [5.74, 6) is 1.33. The molecule has 2 aliphatic carbocycles. The largest absolute Gasteiger partial charge is 0.299 e. The van der Waals surface area contributed by atoms with E-state index in [1.807, 2.05) is 0 Å². The van der Waals surface area contributed by atoms with E-state index in [2.05, 4.69) is 13.2 Å². The lowest BCUT2D eigenvalue weighted by Gasteiger charge is -2.16. The van der Waals surface area contributed by atoms with Crippen LogP contribution in [0.15, 0.2) is 25.3 Å². The molecule has 0 saturated heterocycles. The smallest absolute Gasteiger partial charge is 0.136 e. The maximum absolute atomic E-state index is 11.8. The van der Waals surface area contributed by atoms with Gasteiger partial charge in [0.15, 0.2) is 0 Å². The van der Waals surface area contributed by atoms with Gasteiger partial charge in [-0.05, 0) is 24.7 Å². The molecule has 2 unspecified atom stereocenters. The molecule has 0 heterocycles. The van der Waals surface area contributed by atoms with Gasteiger partial charge in [0.2, 0.25) is 0 Å². The van der Waals surface area contributed by atoms with Crippen molar-refractivity contribution in [2.45, 2.75) is 25.7 Å². The zero-order chi connectivity index (χ0) is 11.7. The maximum Gasteiger partial charge on any atom is 0.136 e. The summed E-state index contributed by atoms with van der Waals surface area (Å²) in [6.45, 7) is 7.39. The van der Waals surface area contributed by atoms with E-state index in [0.717, 1.165) is 12.8 Å². The second-order valence-electron chi connectivity index (χ2n) is 4.93. The molecule has 2 heteroatoms. The van der Waals surface area contributed by atoms with Crippen molar-refractivity contribution >= 4 is 11.6 Å². The number of carbonyl (C=O) groups is 2. The van der Waals surface area contributed by atoms with Gasteiger partial charge in [0.1, 0.15) is 11.6 Å². The molecule has 2 saturated carbocycles. The number of Topliss-reactive ketones (excluding diaryl/α,β-unsaturated/α-hetero) is 2. The van der Waals surface area contributed by atoms with Gasteiger partial charge in [-0.3, -0.25) is 9.59 Å². The van der Waals surface area contributed by atoms with E-state index in [9.17, 15) is 9.59 Å². The Kier molecular flexibility index (Phi) is 3.08. The van der Waals surface area contributed by atoms with E-state index < -0.39 is 0 Å². The molecule has 4 atom stereocenters. The van der Waals surface area contributed by atoms with Crippen molar-refractivity contribution in [1.82, 2.24) is 0 Å². The van der Waals surface area contributed by atoms with Gasteiger partial charge in [0, 0.05) is 24.7 Å². The fourth-order valence-corrected chi connectivity index (χ4v) is 3.40. The molecule has 0 aromatic rings. The summed E-state index contributed by atoms with van der Waals surface area (Å²) in [4.78, 5) is 23.7. The number of fused-ring (bicyclic) bond motifs is 1. The van der Waals surface area contributed by atoms with Crippen LogP contribution in [0.3, 0.4) is 0 Å². The summed E-state index contributed by atoms with van der Waals surface area (Å²) in [5.41, 5.74) is 0. The molecule has 0 radical (unpaired) electrons. The quantitative estimate of drug-likeness (QED) is 0.679. The van der Waals surface area contributed by atoms with Gasteiger partial charge in [-0.15, -0.1) is 13.2 Å². The van der Waals surface area contributed by atoms with Crippen molar-refractivity contribution in [2.24, 2.45) is 23.7 Å². The van der Waals surface area contributed by atoms with Crippen LogP contribution in [-0.4, -0.2) is 11.6 Å². The number of rotatable bonds is 4. The van der Waals surface area contributed by atoms with Crippen molar-refractivity contribution in [2.75, 3.05) is 0 Å².